The summed E-state index contributed by atoms with van der Waals surface area (Å²) in [5.41, 5.74) is 25.8. The Bertz CT molecular complexity index is 3710. The van der Waals surface area contributed by atoms with Gasteiger partial charge in [-0.1, -0.05) is 154 Å². The number of fused-ring (bicyclic) bond motifs is 7. The van der Waals surface area contributed by atoms with Crippen LogP contribution in [0.4, 0.5) is 0 Å². The third kappa shape index (κ3) is 6.16. The summed E-state index contributed by atoms with van der Waals surface area (Å²) < 4.78 is 4.85. The maximum absolute atomic E-state index is 5.38. The third-order valence-corrected chi connectivity index (χ3v) is 15.2. The van der Waals surface area contributed by atoms with Crippen molar-refractivity contribution in [3.05, 3.63) is 151 Å². The van der Waals surface area contributed by atoms with Crippen LogP contribution in [0.5, 0.6) is 0 Å². The topological polar surface area (TPSA) is 48.5 Å². The molecule has 0 atom stereocenters. The van der Waals surface area contributed by atoms with E-state index in [0.29, 0.717) is 17.6 Å². The fourth-order valence-electron chi connectivity index (χ4n) is 10.8. The molecule has 3 heterocycles. The number of para-hydroxylation sites is 2. The van der Waals surface area contributed by atoms with E-state index in [1.165, 1.54) is 87.9 Å². The number of hydrogen-bond donors (Lipinski definition) is 0. The molecule has 11 aromatic rings. The second kappa shape index (κ2) is 15.8. The van der Waals surface area contributed by atoms with Gasteiger partial charge in [-0.3, -0.25) is 4.57 Å². The van der Waals surface area contributed by atoms with Crippen LogP contribution in [-0.2, 0) is 0 Å². The Morgan fingerprint density at radius 2 is 0.818 bits per heavy atom. The van der Waals surface area contributed by atoms with E-state index >= 15 is 0 Å². The highest BCUT2D eigenvalue weighted by atomic mass is 15.2. The maximum atomic E-state index is 5.38. The predicted molar refractivity (Wildman–Crippen MR) is 305 cm³/mol. The number of rotatable bonds is 6. The molecule has 0 aliphatic heterocycles. The molecule has 3 aromatic heterocycles. The Balaban J connectivity index is 1.36. The second-order valence-electron chi connectivity index (χ2n) is 18.3. The molecule has 0 radical (unpaired) electrons. The molecule has 0 fully saturated rings. The first-order chi connectivity index (χ1) is 32.0. The number of benzene rings is 8. The summed E-state index contributed by atoms with van der Waals surface area (Å²) in [4.78, 5) is 15.9. The van der Waals surface area contributed by atoms with Gasteiger partial charge in [0.15, 0.2) is 11.6 Å². The summed E-state index contributed by atoms with van der Waals surface area (Å²) in [6, 6.07) is 49.7. The quantitative estimate of drug-likeness (QED) is 0.211. The summed E-state index contributed by atoms with van der Waals surface area (Å²) in [5, 5.41) is 4.62. The summed E-state index contributed by atoms with van der Waals surface area (Å²) in [5.74, 6) is 1.82. The second-order valence-corrected chi connectivity index (χ2v) is 18.3. The SMILES string of the molecule is Bc1c(B)c(B)c(-c2cccc(-n3c4ccccc4c4ccc5c6ccccc6n(-c6nc(-c7ccccc7)nc(-c7ccccc7)n6)c5c43)c2-c2c(B)c(B)c(C)c(B)c2C)c(B)c1B. The minimum Gasteiger partial charge on any atom is -0.307 e. The van der Waals surface area contributed by atoms with Gasteiger partial charge in [0.25, 0.3) is 0 Å². The van der Waals surface area contributed by atoms with Crippen molar-refractivity contribution >= 4 is 150 Å². The molecular formula is C53H45B8N5. The van der Waals surface area contributed by atoms with E-state index in [1.807, 2.05) is 36.4 Å². The molecular weight excluding hydrogens is 793 g/mol. The Labute approximate surface area is 393 Å². The van der Waals surface area contributed by atoms with E-state index in [4.69, 9.17) is 15.0 Å². The minimum atomic E-state index is 0.570. The smallest absolute Gasteiger partial charge is 0.238 e. The van der Waals surface area contributed by atoms with Gasteiger partial charge >= 0.3 is 0 Å². The van der Waals surface area contributed by atoms with E-state index in [0.717, 1.165) is 49.7 Å². The van der Waals surface area contributed by atoms with Crippen molar-refractivity contribution < 1.29 is 0 Å². The van der Waals surface area contributed by atoms with Crippen LogP contribution in [0.15, 0.2) is 140 Å². The average Bonchev–Trinajstić information content (AvgIpc) is 3.88. The summed E-state index contributed by atoms with van der Waals surface area (Å²) in [6.07, 6.45) is 0. The van der Waals surface area contributed by atoms with Crippen LogP contribution >= 0.6 is 0 Å². The first-order valence-electron chi connectivity index (χ1n) is 23.1. The van der Waals surface area contributed by atoms with Crippen molar-refractivity contribution in [3.63, 3.8) is 0 Å². The van der Waals surface area contributed by atoms with Gasteiger partial charge in [0, 0.05) is 38.2 Å². The van der Waals surface area contributed by atoms with Gasteiger partial charge in [0.05, 0.1) is 27.8 Å². The molecule has 0 spiro atoms. The Hall–Kier alpha value is -7.11. The van der Waals surface area contributed by atoms with Crippen molar-refractivity contribution in [2.24, 2.45) is 0 Å². The highest BCUT2D eigenvalue weighted by Crippen LogP contribution is 2.45. The molecule has 8 aromatic carbocycles. The van der Waals surface area contributed by atoms with Crippen LogP contribution in [0.3, 0.4) is 0 Å². The maximum Gasteiger partial charge on any atom is 0.238 e. The van der Waals surface area contributed by atoms with Gasteiger partial charge in [-0.25, -0.2) is 4.98 Å². The zero-order chi connectivity index (χ0) is 45.7. The van der Waals surface area contributed by atoms with Gasteiger partial charge < -0.3 is 4.57 Å². The van der Waals surface area contributed by atoms with Crippen molar-refractivity contribution in [1.29, 1.82) is 0 Å². The fraction of sp³-hybridized carbons (Fsp3) is 0.0377. The van der Waals surface area contributed by atoms with Gasteiger partial charge in [0.2, 0.25) is 5.95 Å². The van der Waals surface area contributed by atoms with Crippen LogP contribution < -0.4 is 43.7 Å². The van der Waals surface area contributed by atoms with Crippen molar-refractivity contribution in [1.82, 2.24) is 24.1 Å². The van der Waals surface area contributed by atoms with Gasteiger partial charge in [-0.2, -0.15) is 9.97 Å². The Morgan fingerprint density at radius 3 is 1.38 bits per heavy atom. The highest BCUT2D eigenvalue weighted by Gasteiger charge is 2.28. The lowest BCUT2D eigenvalue weighted by Gasteiger charge is -2.28. The molecule has 66 heavy (non-hydrogen) atoms. The Morgan fingerprint density at radius 1 is 0.348 bits per heavy atom. The number of hydrogen-bond acceptors (Lipinski definition) is 3. The Kier molecular flexibility index (Phi) is 9.96. The summed E-state index contributed by atoms with van der Waals surface area (Å²) in [6.45, 7) is 4.60. The zero-order valence-electron chi connectivity index (χ0n) is 39.5. The molecule has 0 saturated carbocycles. The lowest BCUT2D eigenvalue weighted by atomic mass is 9.59. The van der Waals surface area contributed by atoms with Crippen LogP contribution in [0.1, 0.15) is 11.1 Å². The molecule has 13 heteroatoms. The molecule has 0 N–H and O–H groups in total. The van der Waals surface area contributed by atoms with Crippen LogP contribution in [0, 0.1) is 13.8 Å². The van der Waals surface area contributed by atoms with Crippen LogP contribution in [0.25, 0.3) is 100 Å². The molecule has 0 aliphatic carbocycles. The minimum absolute atomic E-state index is 0.570. The molecule has 0 aliphatic rings. The molecule has 0 unspecified atom stereocenters. The van der Waals surface area contributed by atoms with Crippen molar-refractivity contribution in [2.75, 3.05) is 0 Å². The number of nitrogens with zero attached hydrogens (tertiary/aromatic N) is 5. The van der Waals surface area contributed by atoms with Crippen LogP contribution in [-0.4, -0.2) is 86.9 Å². The van der Waals surface area contributed by atoms with E-state index in [-0.39, 0.29) is 0 Å². The van der Waals surface area contributed by atoms with E-state index in [1.54, 1.807) is 0 Å². The molecule has 0 amide bonds. The molecule has 0 saturated heterocycles. The van der Waals surface area contributed by atoms with Gasteiger partial charge in [-0.05, 0) is 54.3 Å². The van der Waals surface area contributed by atoms with E-state index in [9.17, 15) is 0 Å². The number of aromatic nitrogens is 5. The lowest BCUT2D eigenvalue weighted by molar-refractivity contribution is 0.953. The molecule has 5 nitrogen and oxygen atoms in total. The monoisotopic (exact) mass is 839 g/mol. The summed E-state index contributed by atoms with van der Waals surface area (Å²) in [7, 11) is 18.4. The van der Waals surface area contributed by atoms with E-state index in [2.05, 4.69) is 189 Å². The predicted octanol–water partition coefficient (Wildman–Crippen LogP) is -0.582. The largest absolute Gasteiger partial charge is 0.307 e. The highest BCUT2D eigenvalue weighted by molar-refractivity contribution is 6.69. The standard InChI is InChI=1S/C53H45B8N5/c1-26-38(43(56)42(55)27(2)41(26)54)39-34(40-44(57)46(59)48(61)47(60)45(40)58)20-13-23-37(39)65-35-21-11-9-18-30(35)32-24-25-33-31-19-10-12-22-36(31)66(50(33)49(32)65)53-63-51(28-14-5-3-6-15-28)62-52(64-53)29-16-7-4-8-17-29/h3-25H,54-61H2,1-2H3. The zero-order valence-corrected chi connectivity index (χ0v) is 39.5. The molecule has 306 valence electrons. The van der Waals surface area contributed by atoms with Gasteiger partial charge in [0.1, 0.15) is 62.8 Å². The normalized spacial score (nSPS) is 11.7. The van der Waals surface area contributed by atoms with Crippen LogP contribution in [0.2, 0.25) is 0 Å². The lowest BCUT2D eigenvalue weighted by Crippen LogP contribution is -2.55. The van der Waals surface area contributed by atoms with Crippen molar-refractivity contribution in [2.45, 2.75) is 13.8 Å². The van der Waals surface area contributed by atoms with Crippen molar-refractivity contribution in [3.8, 4) is 56.7 Å². The first-order valence-corrected chi connectivity index (χ1v) is 23.1. The fourth-order valence-corrected chi connectivity index (χ4v) is 10.8. The molecule has 11 rings (SSSR count). The molecule has 0 bridgehead atoms. The average molecular weight is 838 g/mol. The van der Waals surface area contributed by atoms with Gasteiger partial charge in [-0.15, -0.1) is 16.4 Å². The third-order valence-electron chi connectivity index (χ3n) is 15.2. The van der Waals surface area contributed by atoms with E-state index < -0.39 is 0 Å². The summed E-state index contributed by atoms with van der Waals surface area (Å²) >= 11 is 0. The first kappa shape index (κ1) is 41.6.